The minimum Gasteiger partial charge on any atom is -0.496 e. The number of likely N-dealkylation sites (tertiary alicyclic amines) is 1. The Morgan fingerprint density at radius 2 is 1.90 bits per heavy atom. The average Bonchev–Trinajstić information content (AvgIpc) is 3.50. The lowest BCUT2D eigenvalue weighted by Crippen LogP contribution is -2.58. The van der Waals surface area contributed by atoms with Gasteiger partial charge in [-0.25, -0.2) is 14.4 Å². The number of aromatic nitrogens is 3. The van der Waals surface area contributed by atoms with Crippen molar-refractivity contribution in [3.05, 3.63) is 102 Å². The van der Waals surface area contributed by atoms with Crippen LogP contribution in [-0.4, -0.2) is 76.1 Å². The Hall–Kier alpha value is -5.98. The molecule has 49 heavy (non-hydrogen) atoms. The number of carbonyl (C=O) groups excluding carboxylic acids is 3. The molecule has 6 bridgehead atoms. The third-order valence-electron chi connectivity index (χ3n) is 8.67. The Labute approximate surface area is 280 Å². The Morgan fingerprint density at radius 3 is 2.76 bits per heavy atom. The molecule has 7 rings (SSSR count). The van der Waals surface area contributed by atoms with Crippen LogP contribution in [0.15, 0.2) is 79.3 Å². The summed E-state index contributed by atoms with van der Waals surface area (Å²) in [5, 5.41) is 5.84. The van der Waals surface area contributed by atoms with Crippen LogP contribution in [0.1, 0.15) is 32.7 Å². The topological polar surface area (TPSA) is 137 Å². The van der Waals surface area contributed by atoms with Crippen molar-refractivity contribution < 1.29 is 33.0 Å². The number of amides is 3. The number of methoxy groups -OCH3 is 1. The van der Waals surface area contributed by atoms with Crippen LogP contribution < -0.4 is 24.8 Å². The van der Waals surface area contributed by atoms with Crippen LogP contribution in [-0.2, 0) is 18.4 Å². The molecule has 0 unspecified atom stereocenters. The number of ether oxygens (including phenoxy) is 3. The zero-order valence-corrected chi connectivity index (χ0v) is 26.8. The zero-order valence-electron chi connectivity index (χ0n) is 26.8. The highest BCUT2D eigenvalue weighted by Crippen LogP contribution is 2.33. The van der Waals surface area contributed by atoms with Gasteiger partial charge in [0.2, 0.25) is 0 Å². The zero-order chi connectivity index (χ0) is 34.1. The molecule has 3 amide bonds. The van der Waals surface area contributed by atoms with Crippen LogP contribution in [0.5, 0.6) is 17.2 Å². The fourth-order valence-corrected chi connectivity index (χ4v) is 6.21. The van der Waals surface area contributed by atoms with Crippen LogP contribution >= 0.6 is 0 Å². The van der Waals surface area contributed by atoms with Crippen molar-refractivity contribution in [1.29, 1.82) is 0 Å². The normalized spacial score (nSPS) is 18.1. The lowest BCUT2D eigenvalue weighted by atomic mass is 9.98. The molecule has 4 heterocycles. The predicted molar refractivity (Wildman–Crippen MR) is 177 cm³/mol. The Bertz CT molecular complexity index is 2080. The molecule has 0 spiro atoms. The first-order valence-corrected chi connectivity index (χ1v) is 15.8. The van der Waals surface area contributed by atoms with Crippen LogP contribution in [0.4, 0.5) is 4.39 Å². The molecule has 2 N–H and O–H groups in total. The Kier molecular flexibility index (Phi) is 8.55. The number of fused-ring (bicyclic) bond motifs is 9. The molecule has 0 saturated carbocycles. The smallest absolute Gasteiger partial charge is 0.258 e. The summed E-state index contributed by atoms with van der Waals surface area (Å²) in [6, 6.07) is 17.3. The quantitative estimate of drug-likeness (QED) is 0.290. The summed E-state index contributed by atoms with van der Waals surface area (Å²) in [5.74, 6) is -0.381. The summed E-state index contributed by atoms with van der Waals surface area (Å²) in [7, 11) is 3.35. The molecule has 1 fully saturated rings. The summed E-state index contributed by atoms with van der Waals surface area (Å²) >= 11 is 0. The number of aryl methyl sites for hydroxylation is 1. The number of benzene rings is 3. The summed E-state index contributed by atoms with van der Waals surface area (Å²) in [4.78, 5) is 50.9. The van der Waals surface area contributed by atoms with Gasteiger partial charge in [-0.05, 0) is 59.7 Å². The molecule has 0 radical (unpaired) electrons. The highest BCUT2D eigenvalue weighted by Gasteiger charge is 2.35. The molecule has 3 aromatic carbocycles. The Balaban J connectivity index is 1.25. The van der Waals surface area contributed by atoms with Crippen molar-refractivity contribution >= 4 is 28.9 Å². The van der Waals surface area contributed by atoms with Gasteiger partial charge in [0.25, 0.3) is 17.7 Å². The monoisotopic (exact) mass is 664 g/mol. The first kappa shape index (κ1) is 31.6. The summed E-state index contributed by atoms with van der Waals surface area (Å²) < 4.78 is 34.2. The van der Waals surface area contributed by atoms with Gasteiger partial charge in [-0.15, -0.1) is 0 Å². The van der Waals surface area contributed by atoms with Crippen LogP contribution in [0.25, 0.3) is 22.3 Å². The van der Waals surface area contributed by atoms with E-state index < -0.39 is 29.8 Å². The Morgan fingerprint density at radius 1 is 1.02 bits per heavy atom. The van der Waals surface area contributed by atoms with E-state index in [0.717, 1.165) is 0 Å². The van der Waals surface area contributed by atoms with Crippen LogP contribution in [0.3, 0.4) is 0 Å². The number of nitrogens with zero attached hydrogens (tertiary/aromatic N) is 4. The number of carbonyl (C=O) groups is 3. The van der Waals surface area contributed by atoms with Crippen molar-refractivity contribution in [2.75, 3.05) is 26.8 Å². The van der Waals surface area contributed by atoms with Crippen molar-refractivity contribution in [1.82, 2.24) is 30.1 Å². The van der Waals surface area contributed by atoms with Crippen LogP contribution in [0, 0.1) is 5.82 Å². The minimum atomic E-state index is -0.679. The molecule has 250 valence electrons. The number of nitrogens with one attached hydrogen (secondary N) is 2. The molecule has 2 aliphatic rings. The number of imidazole rings is 1. The second-order valence-electron chi connectivity index (χ2n) is 12.0. The van der Waals surface area contributed by atoms with E-state index in [9.17, 15) is 18.8 Å². The molecule has 13 heteroatoms. The van der Waals surface area contributed by atoms with E-state index in [0.29, 0.717) is 63.4 Å². The van der Waals surface area contributed by atoms with Crippen molar-refractivity contribution in [3.63, 3.8) is 0 Å². The van der Waals surface area contributed by atoms with Gasteiger partial charge in [0, 0.05) is 56.5 Å². The molecule has 2 atom stereocenters. The van der Waals surface area contributed by atoms with Gasteiger partial charge in [-0.3, -0.25) is 14.4 Å². The van der Waals surface area contributed by atoms with Gasteiger partial charge in [0.05, 0.1) is 25.0 Å². The van der Waals surface area contributed by atoms with E-state index in [1.54, 1.807) is 84.7 Å². The molecule has 2 aliphatic heterocycles. The van der Waals surface area contributed by atoms with E-state index >= 15 is 0 Å². The first-order chi connectivity index (χ1) is 23.7. The van der Waals surface area contributed by atoms with Gasteiger partial charge in [0.15, 0.2) is 12.3 Å². The maximum absolute atomic E-state index is 14.8. The second-order valence-corrected chi connectivity index (χ2v) is 12.0. The van der Waals surface area contributed by atoms with E-state index in [4.69, 9.17) is 14.2 Å². The van der Waals surface area contributed by atoms with Gasteiger partial charge < -0.3 is 34.3 Å². The maximum atomic E-state index is 14.8. The van der Waals surface area contributed by atoms with E-state index in [2.05, 4.69) is 20.6 Å². The molecule has 0 aliphatic carbocycles. The average molecular weight is 665 g/mol. The number of pyridine rings is 1. The fourth-order valence-electron chi connectivity index (χ4n) is 6.21. The lowest BCUT2D eigenvalue weighted by Gasteiger charge is -2.39. The largest absolute Gasteiger partial charge is 0.496 e. The third-order valence-corrected chi connectivity index (χ3v) is 8.67. The summed E-state index contributed by atoms with van der Waals surface area (Å²) in [6.07, 6.45) is 2.90. The molecular weight excluding hydrogens is 631 g/mol. The van der Waals surface area contributed by atoms with E-state index in [1.807, 2.05) is 6.07 Å². The van der Waals surface area contributed by atoms with Crippen molar-refractivity contribution in [3.8, 4) is 28.4 Å². The van der Waals surface area contributed by atoms with Crippen LogP contribution in [0.2, 0.25) is 0 Å². The number of rotatable bonds is 2. The van der Waals surface area contributed by atoms with Crippen molar-refractivity contribution in [2.45, 2.75) is 25.1 Å². The summed E-state index contributed by atoms with van der Waals surface area (Å²) in [6.45, 7) is 0.215. The molecule has 1 saturated heterocycles. The molecular formula is C36H33FN6O6. The van der Waals surface area contributed by atoms with Gasteiger partial charge >= 0.3 is 0 Å². The van der Waals surface area contributed by atoms with Crippen molar-refractivity contribution in [2.24, 2.45) is 7.05 Å². The summed E-state index contributed by atoms with van der Waals surface area (Å²) in [5.41, 5.74) is 3.64. The fraction of sp³-hybridized carbons (Fsp3) is 0.250. The molecule has 5 aromatic rings. The minimum absolute atomic E-state index is 0.0421. The predicted octanol–water partition coefficient (Wildman–Crippen LogP) is 3.88. The molecule has 12 nitrogen and oxygen atoms in total. The lowest BCUT2D eigenvalue weighted by molar-refractivity contribution is -0.123. The van der Waals surface area contributed by atoms with E-state index in [-0.39, 0.29) is 31.4 Å². The van der Waals surface area contributed by atoms with E-state index in [1.165, 1.54) is 12.1 Å². The number of hydrogen-bond donors (Lipinski definition) is 2. The maximum Gasteiger partial charge on any atom is 0.258 e. The van der Waals surface area contributed by atoms with Gasteiger partial charge in [-0.1, -0.05) is 12.1 Å². The number of piperidine rings is 1. The molecule has 2 aromatic heterocycles. The first-order valence-electron chi connectivity index (χ1n) is 15.8. The highest BCUT2D eigenvalue weighted by molar-refractivity contribution is 6.04. The second kappa shape index (κ2) is 13.3. The van der Waals surface area contributed by atoms with Gasteiger partial charge in [-0.2, -0.15) is 0 Å². The SMILES string of the molecule is COc1ccc2cc1-c1cccc(c1)OCC(=O)NCc1cc(F)cc(c1)O[C@@H]1CCN(C(=O)c3ccnc4c3ncn4C)C[C@H]1NC2=O. The number of halogens is 1. The standard InChI is InChI=1S/C36H33FN6O6/c1-42-20-40-33-27(8-10-38-34(33)42)36(46)43-11-9-31-29(18-43)41-35(45)23-6-7-30(47-2)28(15-23)22-4-3-5-25(14-22)48-19-32(44)39-17-21-12-24(37)16-26(13-21)49-31/h3-8,10,12-16,20,29,31H,9,11,17-19H2,1-2H3,(H,39,44)(H,41,45)/t29-,31-/m1/s1. The third kappa shape index (κ3) is 6.59. The highest BCUT2D eigenvalue weighted by atomic mass is 19.1. The number of hydrogen-bond acceptors (Lipinski definition) is 8. The van der Waals surface area contributed by atoms with Gasteiger partial charge in [0.1, 0.15) is 34.7 Å².